The Bertz CT molecular complexity index is 1170. The van der Waals surface area contributed by atoms with Gasteiger partial charge in [0.15, 0.2) is 11.5 Å². The van der Waals surface area contributed by atoms with Crippen LogP contribution in [0.15, 0.2) is 48.5 Å². The number of methoxy groups -OCH3 is 2. The van der Waals surface area contributed by atoms with E-state index in [1.54, 1.807) is 42.3 Å². The Labute approximate surface area is 191 Å². The number of aromatic amines is 1. The maximum atomic E-state index is 12.7. The van der Waals surface area contributed by atoms with Crippen LogP contribution in [0, 0.1) is 0 Å². The third-order valence-corrected chi connectivity index (χ3v) is 5.45. The summed E-state index contributed by atoms with van der Waals surface area (Å²) in [7, 11) is 3.06. The Morgan fingerprint density at radius 1 is 1.09 bits per heavy atom. The van der Waals surface area contributed by atoms with Crippen molar-refractivity contribution in [1.82, 2.24) is 9.88 Å². The molecule has 0 saturated heterocycles. The van der Waals surface area contributed by atoms with Crippen molar-refractivity contribution in [2.45, 2.75) is 19.4 Å². The van der Waals surface area contributed by atoms with Crippen LogP contribution in [-0.2, 0) is 24.2 Å². The first-order valence-corrected chi connectivity index (χ1v) is 10.5. The molecule has 2 heterocycles. The van der Waals surface area contributed by atoms with Crippen molar-refractivity contribution >= 4 is 23.4 Å². The molecular formula is C24H26N4O5. The van der Waals surface area contributed by atoms with Crippen molar-refractivity contribution in [3.05, 3.63) is 65.5 Å². The van der Waals surface area contributed by atoms with E-state index in [1.807, 2.05) is 18.2 Å². The molecule has 9 heteroatoms. The molecule has 172 valence electrons. The third-order valence-electron chi connectivity index (χ3n) is 5.45. The molecular weight excluding hydrogens is 424 g/mol. The molecule has 0 atom stereocenters. The molecule has 33 heavy (non-hydrogen) atoms. The summed E-state index contributed by atoms with van der Waals surface area (Å²) in [6, 6.07) is 14.0. The van der Waals surface area contributed by atoms with Crippen LogP contribution >= 0.6 is 0 Å². The average molecular weight is 450 g/mol. The van der Waals surface area contributed by atoms with Gasteiger partial charge in [0.2, 0.25) is 5.91 Å². The molecule has 4 N–H and O–H groups in total. The largest absolute Gasteiger partial charge is 0.493 e. The minimum atomic E-state index is -0.457. The van der Waals surface area contributed by atoms with E-state index < -0.39 is 6.09 Å². The fourth-order valence-corrected chi connectivity index (χ4v) is 3.77. The monoisotopic (exact) mass is 450 g/mol. The summed E-state index contributed by atoms with van der Waals surface area (Å²) in [6.07, 6.45) is 0.388. The third kappa shape index (κ3) is 5.03. The van der Waals surface area contributed by atoms with Gasteiger partial charge in [-0.1, -0.05) is 12.1 Å². The van der Waals surface area contributed by atoms with Crippen molar-refractivity contribution in [3.8, 4) is 17.2 Å². The number of hydrogen-bond donors (Lipinski definition) is 3. The van der Waals surface area contributed by atoms with Gasteiger partial charge in [-0.15, -0.1) is 0 Å². The number of carbonyl (C=O) groups excluding carboxylic acids is 2. The lowest BCUT2D eigenvalue weighted by molar-refractivity contribution is -0.115. The highest BCUT2D eigenvalue weighted by atomic mass is 16.6. The summed E-state index contributed by atoms with van der Waals surface area (Å²) in [6.45, 7) is 0.887. The van der Waals surface area contributed by atoms with E-state index in [-0.39, 0.29) is 12.3 Å². The van der Waals surface area contributed by atoms with Crippen molar-refractivity contribution in [2.24, 2.45) is 0 Å². The number of H-pyrrole nitrogens is 1. The fraction of sp³-hybridized carbons (Fsp3) is 0.250. The number of rotatable bonds is 6. The highest BCUT2D eigenvalue weighted by Crippen LogP contribution is 2.31. The number of carbonyl (C=O) groups is 2. The number of amides is 2. The number of nitrogens with one attached hydrogen (secondary N) is 2. The van der Waals surface area contributed by atoms with Crippen LogP contribution in [0.1, 0.15) is 17.0 Å². The molecule has 0 fully saturated rings. The first-order chi connectivity index (χ1) is 16.0. The molecule has 1 aliphatic heterocycles. The van der Waals surface area contributed by atoms with Gasteiger partial charge in [-0.3, -0.25) is 4.79 Å². The topological polar surface area (TPSA) is 119 Å². The summed E-state index contributed by atoms with van der Waals surface area (Å²) in [4.78, 5) is 30.0. The number of ether oxygens (including phenoxy) is 3. The summed E-state index contributed by atoms with van der Waals surface area (Å²) in [5.41, 5.74) is 9.75. The fourth-order valence-electron chi connectivity index (χ4n) is 3.77. The molecule has 1 aromatic heterocycles. The van der Waals surface area contributed by atoms with E-state index >= 15 is 0 Å². The molecule has 0 bridgehead atoms. The lowest BCUT2D eigenvalue weighted by atomic mass is 10.1. The molecule has 0 spiro atoms. The minimum absolute atomic E-state index is 0.170. The average Bonchev–Trinajstić information content (AvgIpc) is 3.21. The van der Waals surface area contributed by atoms with Gasteiger partial charge < -0.3 is 35.1 Å². The Balaban J connectivity index is 1.37. The Kier molecular flexibility index (Phi) is 6.39. The number of nitrogen functional groups attached to an aromatic ring is 1. The van der Waals surface area contributed by atoms with E-state index in [1.165, 1.54) is 7.11 Å². The summed E-state index contributed by atoms with van der Waals surface area (Å²) >= 11 is 0. The number of hydrogen-bond acceptors (Lipinski definition) is 6. The van der Waals surface area contributed by atoms with Crippen LogP contribution in [0.2, 0.25) is 0 Å². The van der Waals surface area contributed by atoms with Gasteiger partial charge in [-0.05, 0) is 42.3 Å². The second kappa shape index (κ2) is 9.56. The van der Waals surface area contributed by atoms with Crippen molar-refractivity contribution in [1.29, 1.82) is 0 Å². The predicted octanol–water partition coefficient (Wildman–Crippen LogP) is 3.35. The van der Waals surface area contributed by atoms with Crippen LogP contribution in [0.25, 0.3) is 0 Å². The van der Waals surface area contributed by atoms with Gasteiger partial charge in [0.25, 0.3) is 0 Å². The van der Waals surface area contributed by atoms with E-state index in [0.717, 1.165) is 17.0 Å². The van der Waals surface area contributed by atoms with Gasteiger partial charge in [0.1, 0.15) is 5.75 Å². The van der Waals surface area contributed by atoms with E-state index in [4.69, 9.17) is 19.9 Å². The zero-order valence-corrected chi connectivity index (χ0v) is 18.5. The van der Waals surface area contributed by atoms with Crippen LogP contribution in [-0.4, -0.2) is 42.6 Å². The molecule has 3 aromatic rings. The molecule has 1 aliphatic rings. The van der Waals surface area contributed by atoms with Crippen LogP contribution < -0.4 is 25.3 Å². The van der Waals surface area contributed by atoms with Crippen LogP contribution in [0.5, 0.6) is 17.2 Å². The smallest absolute Gasteiger partial charge is 0.415 e. The van der Waals surface area contributed by atoms with Gasteiger partial charge in [0.05, 0.1) is 38.6 Å². The summed E-state index contributed by atoms with van der Waals surface area (Å²) in [5, 5.41) is 2.82. The normalized spacial score (nSPS) is 12.6. The van der Waals surface area contributed by atoms with E-state index in [2.05, 4.69) is 10.3 Å². The number of aromatic nitrogens is 1. The molecule has 2 amide bonds. The van der Waals surface area contributed by atoms with Gasteiger partial charge >= 0.3 is 6.09 Å². The second-order valence-electron chi connectivity index (χ2n) is 7.67. The summed E-state index contributed by atoms with van der Waals surface area (Å²) in [5.74, 6) is 1.23. The molecule has 9 nitrogen and oxygen atoms in total. The quantitative estimate of drug-likeness (QED) is 0.496. The Morgan fingerprint density at radius 3 is 2.64 bits per heavy atom. The maximum Gasteiger partial charge on any atom is 0.415 e. The SMILES string of the molecule is COc1ccc(OC(=O)N2CCc3cc(CC(=O)Nc4ccccc4N)[nH]c3C2)cc1OC. The van der Waals surface area contributed by atoms with Gasteiger partial charge in [-0.25, -0.2) is 4.79 Å². The minimum Gasteiger partial charge on any atom is -0.493 e. The Hall–Kier alpha value is -4.14. The van der Waals surface area contributed by atoms with Crippen LogP contribution in [0.4, 0.5) is 16.2 Å². The lowest BCUT2D eigenvalue weighted by Gasteiger charge is -2.26. The van der Waals surface area contributed by atoms with Crippen molar-refractivity contribution in [3.63, 3.8) is 0 Å². The molecule has 0 radical (unpaired) electrons. The first kappa shape index (κ1) is 22.1. The number of para-hydroxylation sites is 2. The number of nitrogens with zero attached hydrogens (tertiary/aromatic N) is 1. The van der Waals surface area contributed by atoms with Crippen molar-refractivity contribution in [2.75, 3.05) is 31.8 Å². The molecule has 4 rings (SSSR count). The summed E-state index contributed by atoms with van der Waals surface area (Å²) < 4.78 is 16.0. The van der Waals surface area contributed by atoms with Gasteiger partial charge in [0, 0.05) is 24.0 Å². The molecule has 0 unspecified atom stereocenters. The number of benzene rings is 2. The van der Waals surface area contributed by atoms with Crippen molar-refractivity contribution < 1.29 is 23.8 Å². The van der Waals surface area contributed by atoms with E-state index in [0.29, 0.717) is 48.1 Å². The lowest BCUT2D eigenvalue weighted by Crippen LogP contribution is -2.37. The number of fused-ring (bicyclic) bond motifs is 1. The Morgan fingerprint density at radius 2 is 1.88 bits per heavy atom. The van der Waals surface area contributed by atoms with Gasteiger partial charge in [-0.2, -0.15) is 0 Å². The highest BCUT2D eigenvalue weighted by Gasteiger charge is 2.25. The second-order valence-corrected chi connectivity index (χ2v) is 7.67. The predicted molar refractivity (Wildman–Crippen MR) is 124 cm³/mol. The molecule has 0 saturated carbocycles. The van der Waals surface area contributed by atoms with E-state index in [9.17, 15) is 9.59 Å². The molecule has 2 aromatic carbocycles. The standard InChI is InChI=1S/C24H26N4O5/c1-31-21-8-7-17(13-22(21)32-2)33-24(30)28-10-9-15-11-16(26-20(15)14-28)12-23(29)27-19-6-4-3-5-18(19)25/h3-8,11,13,26H,9-10,12,14,25H2,1-2H3,(H,27,29). The van der Waals surface area contributed by atoms with Crippen LogP contribution in [0.3, 0.4) is 0 Å². The first-order valence-electron chi connectivity index (χ1n) is 10.5. The highest BCUT2D eigenvalue weighted by molar-refractivity contribution is 5.94. The zero-order chi connectivity index (χ0) is 23.4. The zero-order valence-electron chi connectivity index (χ0n) is 18.5. The number of nitrogens with two attached hydrogens (primary N) is 1. The maximum absolute atomic E-state index is 12.7. The molecule has 0 aliphatic carbocycles. The number of anilines is 2.